The molecule has 4 bridgehead atoms. The maximum absolute atomic E-state index is 11.6. The number of carbonyl (C=O) groups excluding carboxylic acids is 1. The van der Waals surface area contributed by atoms with E-state index in [1.807, 2.05) is 6.92 Å². The molecule has 0 radical (unpaired) electrons. The Morgan fingerprint density at radius 1 is 1.05 bits per heavy atom. The Morgan fingerprint density at radius 3 is 2.45 bits per heavy atom. The van der Waals surface area contributed by atoms with Gasteiger partial charge in [0.05, 0.1) is 5.92 Å². The Bertz CT molecular complexity index is 459. The van der Waals surface area contributed by atoms with Gasteiger partial charge in [-0.15, -0.1) is 0 Å². The summed E-state index contributed by atoms with van der Waals surface area (Å²) in [5.41, 5.74) is 0. The Balaban J connectivity index is 1.54. The van der Waals surface area contributed by atoms with Crippen molar-refractivity contribution in [2.45, 2.75) is 45.1 Å². The van der Waals surface area contributed by atoms with Crippen LogP contribution in [-0.2, 0) is 14.3 Å². The van der Waals surface area contributed by atoms with Gasteiger partial charge in [-0.3, -0.25) is 9.59 Å². The largest absolute Gasteiger partial charge is 0.481 e. The molecule has 4 aliphatic carbocycles. The van der Waals surface area contributed by atoms with Crippen LogP contribution in [0.3, 0.4) is 0 Å². The van der Waals surface area contributed by atoms with Gasteiger partial charge in [-0.05, 0) is 61.2 Å². The number of rotatable bonds is 3. The predicted molar refractivity (Wildman–Crippen MR) is 70.7 cm³/mol. The summed E-state index contributed by atoms with van der Waals surface area (Å²) in [6, 6.07) is 0. The van der Waals surface area contributed by atoms with Crippen molar-refractivity contribution in [1.82, 2.24) is 0 Å². The Hall–Kier alpha value is -1.06. The maximum atomic E-state index is 11.6. The average molecular weight is 278 g/mol. The Morgan fingerprint density at radius 2 is 1.75 bits per heavy atom. The van der Waals surface area contributed by atoms with E-state index in [2.05, 4.69) is 0 Å². The first kappa shape index (κ1) is 12.7. The molecule has 0 aromatic rings. The van der Waals surface area contributed by atoms with Crippen LogP contribution in [-0.4, -0.2) is 23.1 Å². The molecule has 7 unspecified atom stereocenters. The topological polar surface area (TPSA) is 63.6 Å². The van der Waals surface area contributed by atoms with E-state index < -0.39 is 5.97 Å². The molecule has 1 N–H and O–H groups in total. The molecule has 0 aromatic carbocycles. The van der Waals surface area contributed by atoms with Crippen molar-refractivity contribution in [3.05, 3.63) is 0 Å². The molecular formula is C16H22O4. The predicted octanol–water partition coefficient (Wildman–Crippen LogP) is 2.32. The molecule has 4 nitrogen and oxygen atoms in total. The van der Waals surface area contributed by atoms with Gasteiger partial charge in [0.2, 0.25) is 0 Å². The van der Waals surface area contributed by atoms with Gasteiger partial charge in [0.1, 0.15) is 6.10 Å². The van der Waals surface area contributed by atoms with Crippen LogP contribution in [0, 0.1) is 41.4 Å². The number of hydrogen-bond acceptors (Lipinski definition) is 3. The van der Waals surface area contributed by atoms with E-state index >= 15 is 0 Å². The van der Waals surface area contributed by atoms with E-state index in [1.165, 1.54) is 0 Å². The van der Waals surface area contributed by atoms with Crippen molar-refractivity contribution in [3.63, 3.8) is 0 Å². The zero-order valence-corrected chi connectivity index (χ0v) is 11.8. The van der Waals surface area contributed by atoms with Gasteiger partial charge < -0.3 is 9.84 Å². The third-order valence-corrected chi connectivity index (χ3v) is 6.65. The summed E-state index contributed by atoms with van der Waals surface area (Å²) in [6.45, 7) is 1.83. The van der Waals surface area contributed by atoms with E-state index in [1.54, 1.807) is 0 Å². The monoisotopic (exact) mass is 278 g/mol. The molecule has 4 saturated carbocycles. The highest BCUT2D eigenvalue weighted by Gasteiger charge is 2.66. The van der Waals surface area contributed by atoms with Crippen LogP contribution in [0.4, 0.5) is 0 Å². The lowest BCUT2D eigenvalue weighted by molar-refractivity contribution is -0.156. The third kappa shape index (κ3) is 1.54. The maximum Gasteiger partial charge on any atom is 0.306 e. The minimum Gasteiger partial charge on any atom is -0.481 e. The van der Waals surface area contributed by atoms with E-state index in [9.17, 15) is 14.7 Å². The van der Waals surface area contributed by atoms with Crippen LogP contribution >= 0.6 is 0 Å². The lowest BCUT2D eigenvalue weighted by Gasteiger charge is -2.40. The molecule has 0 saturated heterocycles. The smallest absolute Gasteiger partial charge is 0.306 e. The van der Waals surface area contributed by atoms with Gasteiger partial charge in [0.25, 0.3) is 0 Å². The first-order chi connectivity index (χ1) is 9.60. The highest BCUT2D eigenvalue weighted by Crippen LogP contribution is 2.69. The highest BCUT2D eigenvalue weighted by atomic mass is 16.5. The summed E-state index contributed by atoms with van der Waals surface area (Å²) in [5.74, 6) is 2.51. The number of fused-ring (bicyclic) bond motifs is 9. The summed E-state index contributed by atoms with van der Waals surface area (Å²) in [6.07, 6.45) is 4.69. The number of carboxylic acid groups (broad SMARTS) is 1. The first-order valence-electron chi connectivity index (χ1n) is 8.02. The zero-order chi connectivity index (χ0) is 14.0. The van der Waals surface area contributed by atoms with Crippen molar-refractivity contribution < 1.29 is 19.4 Å². The number of ether oxygens (including phenoxy) is 1. The molecule has 110 valence electrons. The van der Waals surface area contributed by atoms with Crippen LogP contribution in [0.1, 0.15) is 39.0 Å². The van der Waals surface area contributed by atoms with Gasteiger partial charge in [0, 0.05) is 6.42 Å². The highest BCUT2D eigenvalue weighted by molar-refractivity contribution is 5.71. The molecule has 0 heterocycles. The van der Waals surface area contributed by atoms with E-state index in [-0.39, 0.29) is 18.0 Å². The van der Waals surface area contributed by atoms with Crippen LogP contribution in [0.2, 0.25) is 0 Å². The molecule has 4 heteroatoms. The number of carbonyl (C=O) groups is 2. The van der Waals surface area contributed by atoms with Crippen molar-refractivity contribution >= 4 is 11.9 Å². The van der Waals surface area contributed by atoms with Crippen LogP contribution in [0.5, 0.6) is 0 Å². The molecule has 0 amide bonds. The van der Waals surface area contributed by atoms with Crippen molar-refractivity contribution in [1.29, 1.82) is 0 Å². The fourth-order valence-electron chi connectivity index (χ4n) is 6.21. The quantitative estimate of drug-likeness (QED) is 0.635. The van der Waals surface area contributed by atoms with E-state index in [0.717, 1.165) is 31.6 Å². The minimum atomic E-state index is -0.610. The van der Waals surface area contributed by atoms with Gasteiger partial charge in [0.15, 0.2) is 0 Å². The molecule has 0 spiro atoms. The second kappa shape index (κ2) is 4.22. The molecule has 4 fully saturated rings. The zero-order valence-electron chi connectivity index (χ0n) is 11.8. The van der Waals surface area contributed by atoms with Crippen molar-refractivity contribution in [2.75, 3.05) is 0 Å². The summed E-state index contributed by atoms with van der Waals surface area (Å²) in [5, 5.41) is 9.39. The van der Waals surface area contributed by atoms with Gasteiger partial charge >= 0.3 is 11.9 Å². The third-order valence-electron chi connectivity index (χ3n) is 6.65. The number of aliphatic carboxylic acids is 1. The lowest BCUT2D eigenvalue weighted by atomic mass is 9.67. The van der Waals surface area contributed by atoms with Crippen LogP contribution in [0.15, 0.2) is 0 Å². The molecule has 4 rings (SSSR count). The van der Waals surface area contributed by atoms with Gasteiger partial charge in [-0.1, -0.05) is 6.92 Å². The van der Waals surface area contributed by atoms with Gasteiger partial charge in [-0.25, -0.2) is 0 Å². The second-order valence-electron chi connectivity index (χ2n) is 7.27. The van der Waals surface area contributed by atoms with Crippen LogP contribution in [0.25, 0.3) is 0 Å². The van der Waals surface area contributed by atoms with Gasteiger partial charge in [-0.2, -0.15) is 0 Å². The standard InChI is InChI=1S/C16H22O4/c1-2-13(17)20-12-6-8-5-11(12)15-9-3-7(14(8)15)4-10(9)16(18)19/h7-12,14-15H,2-6H2,1H3,(H,18,19)/t7?,8?,9?,10?,11?,12-,14?,15?/m1/s1. The normalized spacial score (nSPS) is 51.2. The fraction of sp³-hybridized carbons (Fsp3) is 0.875. The average Bonchev–Trinajstić information content (AvgIpc) is 3.14. The summed E-state index contributed by atoms with van der Waals surface area (Å²) in [4.78, 5) is 23.0. The fourth-order valence-corrected chi connectivity index (χ4v) is 6.21. The number of hydrogen-bond donors (Lipinski definition) is 1. The summed E-state index contributed by atoms with van der Waals surface area (Å²) in [7, 11) is 0. The Kier molecular flexibility index (Phi) is 2.67. The molecule has 4 aliphatic rings. The van der Waals surface area contributed by atoms with E-state index in [4.69, 9.17) is 4.74 Å². The molecule has 20 heavy (non-hydrogen) atoms. The second-order valence-corrected chi connectivity index (χ2v) is 7.27. The molecular weight excluding hydrogens is 256 g/mol. The minimum absolute atomic E-state index is 0.0718. The van der Waals surface area contributed by atoms with Crippen molar-refractivity contribution in [3.8, 4) is 0 Å². The first-order valence-corrected chi connectivity index (χ1v) is 8.02. The Labute approximate surface area is 118 Å². The number of esters is 1. The van der Waals surface area contributed by atoms with Crippen molar-refractivity contribution in [2.24, 2.45) is 41.4 Å². The summed E-state index contributed by atoms with van der Waals surface area (Å²) >= 11 is 0. The number of carboxylic acids is 1. The SMILES string of the molecule is CCC(=O)O[C@@H]1CC2CC1C1C3CC(CC3C(=O)O)C21. The van der Waals surface area contributed by atoms with E-state index in [0.29, 0.717) is 36.0 Å². The van der Waals surface area contributed by atoms with Crippen LogP contribution < -0.4 is 0 Å². The molecule has 0 aromatic heterocycles. The molecule has 8 atom stereocenters. The molecule has 0 aliphatic heterocycles. The lowest BCUT2D eigenvalue weighted by Crippen LogP contribution is -2.41. The summed E-state index contributed by atoms with van der Waals surface area (Å²) < 4.78 is 5.62.